The summed E-state index contributed by atoms with van der Waals surface area (Å²) in [7, 11) is -3.46. The topological polar surface area (TPSA) is 84.3 Å². The molecule has 2 heterocycles. The molecule has 0 aliphatic carbocycles. The van der Waals surface area contributed by atoms with Crippen molar-refractivity contribution < 1.29 is 8.42 Å². The van der Waals surface area contributed by atoms with Crippen LogP contribution < -0.4 is 5.43 Å². The molecular weight excluding hydrogens is 216 g/mol. The largest absolute Gasteiger partial charge is 0.259 e. The zero-order valence-corrected chi connectivity index (χ0v) is 9.11. The van der Waals surface area contributed by atoms with Gasteiger partial charge in [0, 0.05) is 5.92 Å². The third-order valence-corrected chi connectivity index (χ3v) is 3.25. The first-order valence-electron chi connectivity index (χ1n) is 4.42. The Balaban J connectivity index is 2.59. The van der Waals surface area contributed by atoms with E-state index in [1.807, 2.05) is 13.8 Å². The second-order valence-electron chi connectivity index (χ2n) is 3.49. The number of hydrazone groups is 1. The van der Waals surface area contributed by atoms with Gasteiger partial charge >= 0.3 is 0 Å². The standard InChI is InChI=1S/C8H10N4O2S/c1-5(2)7-9-3-6-8(11-7)12-10-4-15(6,13)14/h3-5H,1-2H3,(H,9,11,12). The van der Waals surface area contributed by atoms with E-state index in [0.29, 0.717) is 5.82 Å². The molecule has 0 spiro atoms. The van der Waals surface area contributed by atoms with Crippen molar-refractivity contribution in [2.75, 3.05) is 5.43 Å². The van der Waals surface area contributed by atoms with Gasteiger partial charge in [0.05, 0.1) is 6.20 Å². The van der Waals surface area contributed by atoms with Crippen LogP contribution in [0.4, 0.5) is 5.82 Å². The third kappa shape index (κ3) is 1.70. The molecule has 6 nitrogen and oxygen atoms in total. The van der Waals surface area contributed by atoms with E-state index in [0.717, 1.165) is 5.55 Å². The third-order valence-electron chi connectivity index (χ3n) is 1.96. The van der Waals surface area contributed by atoms with Gasteiger partial charge in [-0.1, -0.05) is 13.8 Å². The summed E-state index contributed by atoms with van der Waals surface area (Å²) in [6.07, 6.45) is 1.31. The Kier molecular flexibility index (Phi) is 2.18. The molecule has 0 unspecified atom stereocenters. The number of rotatable bonds is 1. The normalized spacial score (nSPS) is 17.3. The molecular formula is C8H10N4O2S. The summed E-state index contributed by atoms with van der Waals surface area (Å²) in [5.74, 6) is 0.982. The highest BCUT2D eigenvalue weighted by molar-refractivity contribution is 8.04. The SMILES string of the molecule is CC(C)c1ncc2c(n1)NN=CS2(=O)=O. The number of nitrogens with one attached hydrogen (secondary N) is 1. The van der Waals surface area contributed by atoms with Crippen LogP contribution in [0.3, 0.4) is 0 Å². The van der Waals surface area contributed by atoms with Gasteiger partial charge in [0.25, 0.3) is 0 Å². The summed E-state index contributed by atoms with van der Waals surface area (Å²) in [5.41, 5.74) is 3.41. The summed E-state index contributed by atoms with van der Waals surface area (Å²) in [6, 6.07) is 0. The fourth-order valence-corrected chi connectivity index (χ4v) is 2.03. The fourth-order valence-electron chi connectivity index (χ4n) is 1.16. The Hall–Kier alpha value is -1.50. The lowest BCUT2D eigenvalue weighted by Crippen LogP contribution is -2.15. The van der Waals surface area contributed by atoms with Crippen molar-refractivity contribution in [1.29, 1.82) is 0 Å². The first kappa shape index (κ1) is 10.0. The average Bonchev–Trinajstić information content (AvgIpc) is 2.16. The van der Waals surface area contributed by atoms with Crippen molar-refractivity contribution in [3.8, 4) is 0 Å². The minimum atomic E-state index is -3.46. The van der Waals surface area contributed by atoms with Crippen LogP contribution in [0.5, 0.6) is 0 Å². The van der Waals surface area contributed by atoms with E-state index in [1.165, 1.54) is 6.20 Å². The van der Waals surface area contributed by atoms with Gasteiger partial charge in [-0.05, 0) is 0 Å². The monoisotopic (exact) mass is 226 g/mol. The number of sulfone groups is 1. The molecule has 0 amide bonds. The molecule has 0 saturated carbocycles. The van der Waals surface area contributed by atoms with E-state index >= 15 is 0 Å². The maximum absolute atomic E-state index is 11.5. The highest BCUT2D eigenvalue weighted by atomic mass is 32.2. The van der Waals surface area contributed by atoms with Gasteiger partial charge in [0.15, 0.2) is 5.82 Å². The Bertz CT molecular complexity index is 521. The first-order chi connectivity index (χ1) is 7.00. The molecule has 80 valence electrons. The molecule has 1 aromatic rings. The fraction of sp³-hybridized carbons (Fsp3) is 0.375. The minimum absolute atomic E-state index is 0.0712. The van der Waals surface area contributed by atoms with Gasteiger partial charge in [-0.3, -0.25) is 5.43 Å². The van der Waals surface area contributed by atoms with Crippen LogP contribution in [0, 0.1) is 0 Å². The highest BCUT2D eigenvalue weighted by Crippen LogP contribution is 2.23. The van der Waals surface area contributed by atoms with Gasteiger partial charge < -0.3 is 0 Å². The van der Waals surface area contributed by atoms with E-state index in [1.54, 1.807) is 0 Å². The lowest BCUT2D eigenvalue weighted by Gasteiger charge is -2.12. The average molecular weight is 226 g/mol. The van der Waals surface area contributed by atoms with Crippen molar-refractivity contribution >= 4 is 21.2 Å². The van der Waals surface area contributed by atoms with E-state index in [2.05, 4.69) is 20.5 Å². The smallest absolute Gasteiger partial charge is 0.223 e. The van der Waals surface area contributed by atoms with Crippen molar-refractivity contribution in [2.45, 2.75) is 24.7 Å². The Morgan fingerprint density at radius 3 is 2.80 bits per heavy atom. The summed E-state index contributed by atoms with van der Waals surface area (Å²) in [6.45, 7) is 3.87. The Morgan fingerprint density at radius 1 is 1.40 bits per heavy atom. The predicted octanol–water partition coefficient (Wildman–Crippen LogP) is 0.742. The van der Waals surface area contributed by atoms with E-state index < -0.39 is 9.84 Å². The lowest BCUT2D eigenvalue weighted by molar-refractivity contribution is 0.606. The molecule has 7 heteroatoms. The number of anilines is 1. The van der Waals surface area contributed by atoms with Crippen LogP contribution >= 0.6 is 0 Å². The molecule has 1 aromatic heterocycles. The van der Waals surface area contributed by atoms with Gasteiger partial charge in [-0.15, -0.1) is 0 Å². The minimum Gasteiger partial charge on any atom is -0.259 e. The molecule has 15 heavy (non-hydrogen) atoms. The van der Waals surface area contributed by atoms with E-state index in [4.69, 9.17) is 0 Å². The zero-order chi connectivity index (χ0) is 11.1. The number of aromatic nitrogens is 2. The van der Waals surface area contributed by atoms with Crippen molar-refractivity contribution in [2.24, 2.45) is 5.10 Å². The molecule has 0 radical (unpaired) electrons. The van der Waals surface area contributed by atoms with Gasteiger partial charge in [0.1, 0.15) is 16.3 Å². The molecule has 0 aromatic carbocycles. The number of nitrogens with zero attached hydrogens (tertiary/aromatic N) is 3. The van der Waals surface area contributed by atoms with Crippen LogP contribution in [-0.4, -0.2) is 23.9 Å². The Morgan fingerprint density at radius 2 is 2.13 bits per heavy atom. The Labute approximate surface area is 87.4 Å². The van der Waals surface area contributed by atoms with Crippen LogP contribution in [0.2, 0.25) is 0 Å². The molecule has 0 saturated heterocycles. The molecule has 2 rings (SSSR count). The predicted molar refractivity (Wildman–Crippen MR) is 55.4 cm³/mol. The summed E-state index contributed by atoms with van der Waals surface area (Å²) < 4.78 is 23.0. The maximum atomic E-state index is 11.5. The van der Waals surface area contributed by atoms with Crippen molar-refractivity contribution in [3.63, 3.8) is 0 Å². The van der Waals surface area contributed by atoms with Crippen molar-refractivity contribution in [1.82, 2.24) is 9.97 Å². The first-order valence-corrected chi connectivity index (χ1v) is 5.96. The zero-order valence-electron chi connectivity index (χ0n) is 8.30. The lowest BCUT2D eigenvalue weighted by atomic mass is 10.2. The number of hydrogen-bond donors (Lipinski definition) is 1. The highest BCUT2D eigenvalue weighted by Gasteiger charge is 2.23. The van der Waals surface area contributed by atoms with Crippen LogP contribution in [-0.2, 0) is 9.84 Å². The molecule has 1 N–H and O–H groups in total. The van der Waals surface area contributed by atoms with E-state index in [-0.39, 0.29) is 16.6 Å². The summed E-state index contributed by atoms with van der Waals surface area (Å²) in [5, 5.41) is 3.52. The quantitative estimate of drug-likeness (QED) is 0.763. The van der Waals surface area contributed by atoms with Gasteiger partial charge in [-0.2, -0.15) is 5.10 Å². The second-order valence-corrected chi connectivity index (χ2v) is 5.23. The van der Waals surface area contributed by atoms with Crippen LogP contribution in [0.15, 0.2) is 16.2 Å². The molecule has 1 aliphatic rings. The summed E-state index contributed by atoms with van der Waals surface area (Å²) >= 11 is 0. The molecule has 0 bridgehead atoms. The molecule has 0 atom stereocenters. The second kappa shape index (κ2) is 3.27. The van der Waals surface area contributed by atoms with Crippen LogP contribution in [0.25, 0.3) is 0 Å². The van der Waals surface area contributed by atoms with Gasteiger partial charge in [-0.25, -0.2) is 18.4 Å². The number of hydrogen-bond acceptors (Lipinski definition) is 6. The number of fused-ring (bicyclic) bond motifs is 1. The van der Waals surface area contributed by atoms with E-state index in [9.17, 15) is 8.42 Å². The summed E-state index contributed by atoms with van der Waals surface area (Å²) in [4.78, 5) is 8.16. The molecule has 1 aliphatic heterocycles. The molecule has 0 fully saturated rings. The van der Waals surface area contributed by atoms with Crippen molar-refractivity contribution in [3.05, 3.63) is 12.0 Å². The van der Waals surface area contributed by atoms with Crippen LogP contribution in [0.1, 0.15) is 25.6 Å². The maximum Gasteiger partial charge on any atom is 0.223 e. The van der Waals surface area contributed by atoms with Gasteiger partial charge in [0.2, 0.25) is 9.84 Å².